The van der Waals surface area contributed by atoms with Crippen molar-refractivity contribution < 1.29 is 17.9 Å². The third-order valence-electron chi connectivity index (χ3n) is 5.16. The van der Waals surface area contributed by atoms with Gasteiger partial charge in [-0.2, -0.15) is 0 Å². The van der Waals surface area contributed by atoms with E-state index in [9.17, 15) is 13.2 Å². The van der Waals surface area contributed by atoms with E-state index in [4.69, 9.17) is 4.74 Å². The zero-order valence-corrected chi connectivity index (χ0v) is 18.4. The van der Waals surface area contributed by atoms with Gasteiger partial charge in [0.15, 0.2) is 5.78 Å². The first kappa shape index (κ1) is 22.4. The SMILES string of the molecule is C=C(Cc1cccnc1)C(=O)CC(C)c1ccc(S(=O)(=O)c2ccc(OC)cc2)cc1. The van der Waals surface area contributed by atoms with Crippen LogP contribution in [0.25, 0.3) is 0 Å². The van der Waals surface area contributed by atoms with Gasteiger partial charge in [0.25, 0.3) is 0 Å². The number of hydrogen-bond acceptors (Lipinski definition) is 5. The minimum atomic E-state index is -3.62. The topological polar surface area (TPSA) is 73.3 Å². The van der Waals surface area contributed by atoms with Gasteiger partial charge in [0, 0.05) is 25.2 Å². The van der Waals surface area contributed by atoms with Crippen LogP contribution in [-0.4, -0.2) is 26.3 Å². The highest BCUT2D eigenvalue weighted by Crippen LogP contribution is 2.26. The molecule has 0 amide bonds. The number of carbonyl (C=O) groups excluding carboxylic acids is 1. The molecule has 6 heteroatoms. The second-order valence-electron chi connectivity index (χ2n) is 7.42. The molecule has 0 aliphatic carbocycles. The van der Waals surface area contributed by atoms with E-state index in [1.54, 1.807) is 48.8 Å². The van der Waals surface area contributed by atoms with Gasteiger partial charge in [-0.25, -0.2) is 8.42 Å². The van der Waals surface area contributed by atoms with Crippen molar-refractivity contribution in [2.75, 3.05) is 7.11 Å². The number of aromatic nitrogens is 1. The number of hydrogen-bond donors (Lipinski definition) is 0. The third-order valence-corrected chi connectivity index (χ3v) is 6.94. The number of ketones is 1. The van der Waals surface area contributed by atoms with Crippen LogP contribution in [0.5, 0.6) is 5.75 Å². The Morgan fingerprint density at radius 3 is 2.19 bits per heavy atom. The quantitative estimate of drug-likeness (QED) is 0.452. The minimum Gasteiger partial charge on any atom is -0.497 e. The highest BCUT2D eigenvalue weighted by Gasteiger charge is 2.19. The number of ether oxygens (including phenoxy) is 1. The number of allylic oxidation sites excluding steroid dienone is 1. The smallest absolute Gasteiger partial charge is 0.206 e. The number of pyridine rings is 1. The molecule has 1 unspecified atom stereocenters. The molecular formula is C25H25NO4S. The Labute approximate surface area is 183 Å². The van der Waals surface area contributed by atoms with E-state index in [2.05, 4.69) is 11.6 Å². The van der Waals surface area contributed by atoms with E-state index >= 15 is 0 Å². The lowest BCUT2D eigenvalue weighted by atomic mass is 9.92. The fourth-order valence-electron chi connectivity index (χ4n) is 3.25. The van der Waals surface area contributed by atoms with Crippen molar-refractivity contribution in [1.29, 1.82) is 0 Å². The normalized spacial score (nSPS) is 12.2. The van der Waals surface area contributed by atoms with Crippen molar-refractivity contribution in [1.82, 2.24) is 4.98 Å². The predicted octanol–water partition coefficient (Wildman–Crippen LogP) is 4.78. The lowest BCUT2D eigenvalue weighted by molar-refractivity contribution is -0.115. The Kier molecular flexibility index (Phi) is 7.02. The molecule has 0 bridgehead atoms. The molecule has 160 valence electrons. The van der Waals surface area contributed by atoms with E-state index in [0.29, 0.717) is 24.2 Å². The zero-order valence-electron chi connectivity index (χ0n) is 17.6. The lowest BCUT2D eigenvalue weighted by Crippen LogP contribution is -2.09. The summed E-state index contributed by atoms with van der Waals surface area (Å²) in [4.78, 5) is 17.0. The molecule has 0 N–H and O–H groups in total. The minimum absolute atomic E-state index is 0.00807. The van der Waals surface area contributed by atoms with Crippen LogP contribution in [0.1, 0.15) is 30.4 Å². The molecule has 0 aliphatic rings. The fourth-order valence-corrected chi connectivity index (χ4v) is 4.52. The maximum absolute atomic E-state index is 12.8. The first-order valence-corrected chi connectivity index (χ1v) is 11.4. The Bertz CT molecular complexity index is 1150. The number of methoxy groups -OCH3 is 1. The monoisotopic (exact) mass is 435 g/mol. The fraction of sp³-hybridized carbons (Fsp3) is 0.200. The average Bonchev–Trinajstić information content (AvgIpc) is 2.79. The van der Waals surface area contributed by atoms with Crippen LogP contribution >= 0.6 is 0 Å². The molecule has 31 heavy (non-hydrogen) atoms. The molecule has 1 heterocycles. The van der Waals surface area contributed by atoms with Gasteiger partial charge in [-0.3, -0.25) is 9.78 Å². The Hall–Kier alpha value is -3.25. The van der Waals surface area contributed by atoms with E-state index in [1.165, 1.54) is 19.2 Å². The van der Waals surface area contributed by atoms with Gasteiger partial charge in [0.1, 0.15) is 5.75 Å². The summed E-state index contributed by atoms with van der Waals surface area (Å²) in [5.41, 5.74) is 2.39. The number of sulfone groups is 1. The van der Waals surface area contributed by atoms with Crippen LogP contribution in [0.15, 0.2) is 95.0 Å². The van der Waals surface area contributed by atoms with Crippen molar-refractivity contribution in [3.05, 3.63) is 96.3 Å². The molecule has 5 nitrogen and oxygen atoms in total. The largest absolute Gasteiger partial charge is 0.497 e. The molecule has 1 atom stereocenters. The number of rotatable bonds is 9. The summed E-state index contributed by atoms with van der Waals surface area (Å²) in [7, 11) is -2.09. The Balaban J connectivity index is 1.67. The van der Waals surface area contributed by atoms with Crippen LogP contribution in [-0.2, 0) is 21.1 Å². The van der Waals surface area contributed by atoms with E-state index < -0.39 is 9.84 Å². The third kappa shape index (κ3) is 5.47. The van der Waals surface area contributed by atoms with Crippen LogP contribution in [0.3, 0.4) is 0 Å². The summed E-state index contributed by atoms with van der Waals surface area (Å²) in [6.45, 7) is 5.87. The van der Waals surface area contributed by atoms with Crippen LogP contribution in [0.2, 0.25) is 0 Å². The van der Waals surface area contributed by atoms with Gasteiger partial charge in [0.2, 0.25) is 9.84 Å². The molecular weight excluding hydrogens is 410 g/mol. The summed E-state index contributed by atoms with van der Waals surface area (Å²) in [5.74, 6) is 0.528. The molecule has 1 aromatic heterocycles. The maximum atomic E-state index is 12.8. The Morgan fingerprint density at radius 1 is 1.03 bits per heavy atom. The molecule has 0 radical (unpaired) electrons. The van der Waals surface area contributed by atoms with Gasteiger partial charge in [-0.05, 0) is 65.1 Å². The van der Waals surface area contributed by atoms with Crippen molar-refractivity contribution in [3.63, 3.8) is 0 Å². The van der Waals surface area contributed by atoms with Crippen LogP contribution in [0, 0.1) is 0 Å². The van der Waals surface area contributed by atoms with Gasteiger partial charge < -0.3 is 4.74 Å². The first-order valence-electron chi connectivity index (χ1n) is 9.90. The predicted molar refractivity (Wildman–Crippen MR) is 120 cm³/mol. The standard InChI is InChI=1S/C25H25NO4S/c1-18(16-25(27)19(2)15-20-5-4-14-26-17-20)21-6-10-23(11-7-21)31(28,29)24-12-8-22(30-3)9-13-24/h4-14,17-18H,2,15-16H2,1,3H3. The van der Waals surface area contributed by atoms with Crippen molar-refractivity contribution in [3.8, 4) is 5.75 Å². The van der Waals surface area contributed by atoms with Crippen molar-refractivity contribution in [2.45, 2.75) is 35.5 Å². The summed E-state index contributed by atoms with van der Waals surface area (Å²) in [6, 6.07) is 16.7. The summed E-state index contributed by atoms with van der Waals surface area (Å²) < 4.78 is 30.8. The first-order chi connectivity index (χ1) is 14.8. The summed E-state index contributed by atoms with van der Waals surface area (Å²) in [5, 5.41) is 0. The summed E-state index contributed by atoms with van der Waals surface area (Å²) >= 11 is 0. The number of carbonyl (C=O) groups is 1. The molecule has 3 aromatic rings. The van der Waals surface area contributed by atoms with Crippen molar-refractivity contribution in [2.24, 2.45) is 0 Å². The van der Waals surface area contributed by atoms with Gasteiger partial charge >= 0.3 is 0 Å². The molecule has 0 saturated carbocycles. The number of nitrogens with zero attached hydrogens (tertiary/aromatic N) is 1. The van der Waals surface area contributed by atoms with E-state index in [-0.39, 0.29) is 21.5 Å². The second kappa shape index (κ2) is 9.71. The molecule has 3 rings (SSSR count). The average molecular weight is 436 g/mol. The summed E-state index contributed by atoms with van der Waals surface area (Å²) in [6.07, 6.45) is 4.20. The van der Waals surface area contributed by atoms with Gasteiger partial charge in [-0.1, -0.05) is 31.7 Å². The number of Topliss-reactive ketones (excluding diaryl/α,β-unsaturated/α-hetero) is 1. The number of benzene rings is 2. The molecule has 2 aromatic carbocycles. The lowest BCUT2D eigenvalue weighted by Gasteiger charge is -2.13. The molecule has 0 saturated heterocycles. The van der Waals surface area contributed by atoms with Gasteiger partial charge in [0.05, 0.1) is 16.9 Å². The highest BCUT2D eigenvalue weighted by molar-refractivity contribution is 7.91. The molecule has 0 fully saturated rings. The Morgan fingerprint density at radius 2 is 1.65 bits per heavy atom. The van der Waals surface area contributed by atoms with Crippen LogP contribution < -0.4 is 4.74 Å². The molecule has 0 spiro atoms. The van der Waals surface area contributed by atoms with E-state index in [1.807, 2.05) is 19.1 Å². The van der Waals surface area contributed by atoms with Crippen LogP contribution in [0.4, 0.5) is 0 Å². The maximum Gasteiger partial charge on any atom is 0.206 e. The van der Waals surface area contributed by atoms with E-state index in [0.717, 1.165) is 11.1 Å². The second-order valence-corrected chi connectivity index (χ2v) is 9.37. The zero-order chi connectivity index (χ0) is 22.4. The van der Waals surface area contributed by atoms with Crippen molar-refractivity contribution >= 4 is 15.6 Å². The highest BCUT2D eigenvalue weighted by atomic mass is 32.2. The van der Waals surface area contributed by atoms with Gasteiger partial charge in [-0.15, -0.1) is 0 Å². The molecule has 0 aliphatic heterocycles.